The van der Waals surface area contributed by atoms with Crippen LogP contribution in [0.4, 0.5) is 14.5 Å². The van der Waals surface area contributed by atoms with Gasteiger partial charge < -0.3 is 11.1 Å². The van der Waals surface area contributed by atoms with Gasteiger partial charge in [0.25, 0.3) is 0 Å². The van der Waals surface area contributed by atoms with E-state index in [4.69, 9.17) is 5.73 Å². The van der Waals surface area contributed by atoms with Crippen LogP contribution < -0.4 is 11.1 Å². The Morgan fingerprint density at radius 2 is 1.96 bits per heavy atom. The number of nitrogens with one attached hydrogen (secondary N) is 1. The van der Waals surface area contributed by atoms with E-state index in [0.29, 0.717) is 0 Å². The summed E-state index contributed by atoms with van der Waals surface area (Å²) in [5.74, 6) is -0.770. The predicted molar refractivity (Wildman–Crippen MR) is 88.4 cm³/mol. The van der Waals surface area contributed by atoms with Crippen molar-refractivity contribution in [2.24, 2.45) is 10.7 Å². The average molecular weight is 315 g/mol. The van der Waals surface area contributed by atoms with E-state index in [1.807, 2.05) is 12.1 Å². The summed E-state index contributed by atoms with van der Waals surface area (Å²) in [4.78, 5) is 4.12. The van der Waals surface area contributed by atoms with Gasteiger partial charge in [-0.15, -0.1) is 0 Å². The molecule has 5 heteroatoms. The normalized spacial score (nSPS) is 14.4. The molecule has 2 aromatic rings. The molecule has 1 aliphatic rings. The molecule has 2 aromatic carbocycles. The molecule has 0 aromatic heterocycles. The summed E-state index contributed by atoms with van der Waals surface area (Å²) in [6.07, 6.45) is 4.47. The Hall–Kier alpha value is -2.43. The summed E-state index contributed by atoms with van der Waals surface area (Å²) in [7, 11) is 0. The van der Waals surface area contributed by atoms with E-state index in [1.165, 1.54) is 17.5 Å². The Kier molecular flexibility index (Phi) is 4.55. The maximum absolute atomic E-state index is 13.6. The molecule has 0 unspecified atom stereocenters. The molecule has 0 bridgehead atoms. The number of anilines is 1. The first-order chi connectivity index (χ1) is 11.1. The molecule has 0 saturated carbocycles. The molecule has 0 spiro atoms. The van der Waals surface area contributed by atoms with Gasteiger partial charge in [0.15, 0.2) is 5.96 Å². The quantitative estimate of drug-likeness (QED) is 0.669. The molecule has 0 radical (unpaired) electrons. The predicted octanol–water partition coefficient (Wildman–Crippen LogP) is 3.77. The van der Waals surface area contributed by atoms with E-state index in [-0.39, 0.29) is 18.1 Å². The van der Waals surface area contributed by atoms with Crippen molar-refractivity contribution in [2.45, 2.75) is 32.2 Å². The Morgan fingerprint density at radius 3 is 2.83 bits per heavy atom. The lowest BCUT2D eigenvalue weighted by molar-refractivity contribution is 0.586. The van der Waals surface area contributed by atoms with E-state index >= 15 is 0 Å². The van der Waals surface area contributed by atoms with E-state index in [0.717, 1.165) is 43.1 Å². The van der Waals surface area contributed by atoms with Crippen LogP contribution in [0.5, 0.6) is 0 Å². The van der Waals surface area contributed by atoms with Crippen molar-refractivity contribution in [1.29, 1.82) is 0 Å². The lowest BCUT2D eigenvalue weighted by atomic mass is 9.90. The fourth-order valence-corrected chi connectivity index (χ4v) is 2.91. The number of aryl methyl sites for hydroxylation is 1. The highest BCUT2D eigenvalue weighted by Gasteiger charge is 2.13. The second kappa shape index (κ2) is 6.77. The lowest BCUT2D eigenvalue weighted by Gasteiger charge is -2.19. The first-order valence-corrected chi connectivity index (χ1v) is 7.75. The molecular formula is C18H19F2N3. The minimum absolute atomic E-state index is 0.00253. The second-order valence-electron chi connectivity index (χ2n) is 5.71. The molecule has 1 aliphatic carbocycles. The smallest absolute Gasteiger partial charge is 0.193 e. The molecule has 3 nitrogen and oxygen atoms in total. The third kappa shape index (κ3) is 3.67. The van der Waals surface area contributed by atoms with Gasteiger partial charge in [-0.25, -0.2) is 13.8 Å². The lowest BCUT2D eigenvalue weighted by Crippen LogP contribution is -2.24. The summed E-state index contributed by atoms with van der Waals surface area (Å²) in [5, 5.41) is 3.09. The van der Waals surface area contributed by atoms with Crippen molar-refractivity contribution in [3.63, 3.8) is 0 Å². The van der Waals surface area contributed by atoms with Gasteiger partial charge in [0.1, 0.15) is 11.6 Å². The zero-order valence-electron chi connectivity index (χ0n) is 12.8. The minimum Gasteiger partial charge on any atom is -0.370 e. The topological polar surface area (TPSA) is 50.4 Å². The van der Waals surface area contributed by atoms with Gasteiger partial charge in [-0.3, -0.25) is 0 Å². The van der Waals surface area contributed by atoms with Crippen molar-refractivity contribution in [1.82, 2.24) is 0 Å². The second-order valence-corrected chi connectivity index (χ2v) is 5.71. The maximum Gasteiger partial charge on any atom is 0.193 e. The first-order valence-electron chi connectivity index (χ1n) is 7.75. The third-order valence-electron chi connectivity index (χ3n) is 4.09. The van der Waals surface area contributed by atoms with Crippen LogP contribution in [0.3, 0.4) is 0 Å². The van der Waals surface area contributed by atoms with Gasteiger partial charge in [-0.2, -0.15) is 0 Å². The molecule has 23 heavy (non-hydrogen) atoms. The molecule has 0 atom stereocenters. The Bertz CT molecular complexity index is 741. The maximum atomic E-state index is 13.6. The van der Waals surface area contributed by atoms with E-state index in [9.17, 15) is 8.78 Å². The van der Waals surface area contributed by atoms with Crippen molar-refractivity contribution >= 4 is 11.6 Å². The van der Waals surface area contributed by atoms with Gasteiger partial charge >= 0.3 is 0 Å². The molecular weight excluding hydrogens is 296 g/mol. The summed E-state index contributed by atoms with van der Waals surface area (Å²) in [6.45, 7) is -0.00253. The summed E-state index contributed by atoms with van der Waals surface area (Å²) < 4.78 is 26.7. The zero-order valence-corrected chi connectivity index (χ0v) is 12.8. The molecule has 0 amide bonds. The van der Waals surface area contributed by atoms with Crippen LogP contribution in [0.2, 0.25) is 0 Å². The van der Waals surface area contributed by atoms with Gasteiger partial charge in [-0.1, -0.05) is 12.1 Å². The number of aliphatic imine (C=N–C) groups is 1. The molecule has 0 saturated heterocycles. The van der Waals surface area contributed by atoms with Gasteiger partial charge in [-0.05, 0) is 61.1 Å². The molecule has 0 fully saturated rings. The van der Waals surface area contributed by atoms with E-state index in [1.54, 1.807) is 0 Å². The minimum atomic E-state index is -0.486. The SMILES string of the molecule is NC(=NCc1cc(F)ccc1F)Nc1cccc2c1CCCC2. The third-order valence-corrected chi connectivity index (χ3v) is 4.09. The highest BCUT2D eigenvalue weighted by atomic mass is 19.1. The van der Waals surface area contributed by atoms with Crippen molar-refractivity contribution in [3.8, 4) is 0 Å². The number of halogens is 2. The van der Waals surface area contributed by atoms with Gasteiger partial charge in [0.2, 0.25) is 0 Å². The highest BCUT2D eigenvalue weighted by Crippen LogP contribution is 2.27. The summed E-state index contributed by atoms with van der Waals surface area (Å²) in [6, 6.07) is 9.41. The number of nitrogens with two attached hydrogens (primary N) is 1. The molecule has 0 heterocycles. The average Bonchev–Trinajstić information content (AvgIpc) is 2.56. The van der Waals surface area contributed by atoms with Crippen LogP contribution in [-0.4, -0.2) is 5.96 Å². The molecule has 0 aliphatic heterocycles. The van der Waals surface area contributed by atoms with E-state index < -0.39 is 11.6 Å². The van der Waals surface area contributed by atoms with Crippen LogP contribution in [-0.2, 0) is 19.4 Å². The number of nitrogens with zero attached hydrogens (tertiary/aromatic N) is 1. The Morgan fingerprint density at radius 1 is 1.13 bits per heavy atom. The van der Waals surface area contributed by atoms with Crippen LogP contribution in [0.25, 0.3) is 0 Å². The van der Waals surface area contributed by atoms with Crippen LogP contribution in [0.15, 0.2) is 41.4 Å². The number of hydrogen-bond acceptors (Lipinski definition) is 1. The van der Waals surface area contributed by atoms with Crippen LogP contribution >= 0.6 is 0 Å². The highest BCUT2D eigenvalue weighted by molar-refractivity contribution is 5.93. The number of rotatable bonds is 3. The summed E-state index contributed by atoms with van der Waals surface area (Å²) >= 11 is 0. The fourth-order valence-electron chi connectivity index (χ4n) is 2.91. The molecule has 3 N–H and O–H groups in total. The Labute approximate surface area is 134 Å². The number of benzene rings is 2. The zero-order chi connectivity index (χ0) is 16.2. The van der Waals surface area contributed by atoms with Gasteiger partial charge in [0.05, 0.1) is 6.54 Å². The van der Waals surface area contributed by atoms with Crippen molar-refractivity contribution in [2.75, 3.05) is 5.32 Å². The fraction of sp³-hybridized carbons (Fsp3) is 0.278. The first kappa shape index (κ1) is 15.5. The monoisotopic (exact) mass is 315 g/mol. The Balaban J connectivity index is 1.74. The number of guanidine groups is 1. The van der Waals surface area contributed by atoms with Crippen molar-refractivity contribution in [3.05, 3.63) is 64.7 Å². The number of hydrogen-bond donors (Lipinski definition) is 2. The van der Waals surface area contributed by atoms with Crippen LogP contribution in [0.1, 0.15) is 29.5 Å². The molecule has 120 valence electrons. The summed E-state index contributed by atoms with van der Waals surface area (Å²) in [5.41, 5.74) is 9.64. The van der Waals surface area contributed by atoms with E-state index in [2.05, 4.69) is 16.4 Å². The molecule has 3 rings (SSSR count). The van der Waals surface area contributed by atoms with Crippen molar-refractivity contribution < 1.29 is 8.78 Å². The standard InChI is InChI=1S/C18H19F2N3/c19-14-8-9-16(20)13(10-14)11-22-18(21)23-17-7-3-5-12-4-1-2-6-15(12)17/h3,5,7-10H,1-2,4,6,11H2,(H3,21,22,23). The van der Waals surface area contributed by atoms with Crippen LogP contribution in [0, 0.1) is 11.6 Å². The largest absolute Gasteiger partial charge is 0.370 e. The van der Waals surface area contributed by atoms with Gasteiger partial charge in [0, 0.05) is 11.3 Å². The number of fused-ring (bicyclic) bond motifs is 1.